The van der Waals surface area contributed by atoms with Gasteiger partial charge in [0.2, 0.25) is 0 Å². The van der Waals surface area contributed by atoms with Crippen molar-refractivity contribution in [1.29, 1.82) is 0 Å². The Labute approximate surface area is 87.0 Å². The number of nitrogens with zero attached hydrogens (tertiary/aromatic N) is 1. The second kappa shape index (κ2) is 9.61. The lowest BCUT2D eigenvalue weighted by Crippen LogP contribution is -1.83. The van der Waals surface area contributed by atoms with Gasteiger partial charge in [0, 0.05) is 18.4 Å². The van der Waals surface area contributed by atoms with E-state index in [0.29, 0.717) is 6.42 Å². The van der Waals surface area contributed by atoms with Crippen molar-refractivity contribution in [2.24, 2.45) is 4.99 Å². The zero-order chi connectivity index (χ0) is 9.94. The van der Waals surface area contributed by atoms with Crippen LogP contribution in [0, 0.1) is 0 Å². The van der Waals surface area contributed by atoms with E-state index in [1.54, 1.807) is 21.6 Å². The van der Waals surface area contributed by atoms with Crippen LogP contribution in [0.2, 0.25) is 0 Å². The minimum atomic E-state index is 0.592. The highest BCUT2D eigenvalue weighted by Gasteiger charge is 1.94. The highest BCUT2D eigenvalue weighted by molar-refractivity contribution is 8.82. The van der Waals surface area contributed by atoms with Gasteiger partial charge in [0.1, 0.15) is 11.3 Å². The number of rotatable bonds is 6. The van der Waals surface area contributed by atoms with E-state index in [2.05, 4.69) is 11.6 Å². The van der Waals surface area contributed by atoms with E-state index in [1.807, 2.05) is 19.1 Å². The summed E-state index contributed by atoms with van der Waals surface area (Å²) in [6, 6.07) is 0. The zero-order valence-corrected chi connectivity index (χ0v) is 9.24. The Balaban J connectivity index is 3.76. The molecule has 0 N–H and O–H groups in total. The first-order valence-corrected chi connectivity index (χ1v) is 6.21. The lowest BCUT2D eigenvalue weighted by Gasteiger charge is -1.96. The molecule has 0 spiro atoms. The Morgan fingerprint density at radius 1 is 1.62 bits per heavy atom. The first kappa shape index (κ1) is 12.5. The van der Waals surface area contributed by atoms with Gasteiger partial charge in [-0.1, -0.05) is 23.4 Å². The summed E-state index contributed by atoms with van der Waals surface area (Å²) in [6.07, 6.45) is 6.88. The van der Waals surface area contributed by atoms with Crippen LogP contribution in [-0.4, -0.2) is 17.1 Å². The number of carbonyl (C=O) groups is 1. The quantitative estimate of drug-likeness (QED) is 0.224. The van der Waals surface area contributed by atoms with Gasteiger partial charge >= 0.3 is 0 Å². The first-order chi connectivity index (χ1) is 6.35. The topological polar surface area (TPSA) is 29.4 Å². The molecule has 0 aromatic rings. The minimum absolute atomic E-state index is 0.592. The Morgan fingerprint density at radius 3 is 2.92 bits per heavy atom. The molecule has 0 aliphatic carbocycles. The molecule has 0 unspecified atom stereocenters. The van der Waals surface area contributed by atoms with Gasteiger partial charge in [0.15, 0.2) is 0 Å². The van der Waals surface area contributed by atoms with Crippen molar-refractivity contribution in [2.45, 2.75) is 13.3 Å². The van der Waals surface area contributed by atoms with Crippen LogP contribution in [0.25, 0.3) is 0 Å². The SMILES string of the molecule is C=CN=C(/C=C\C)SSCCC=O. The maximum Gasteiger partial charge on any atom is 0.120 e. The summed E-state index contributed by atoms with van der Waals surface area (Å²) in [7, 11) is 3.18. The maximum absolute atomic E-state index is 10.0. The third-order valence-corrected chi connectivity index (χ3v) is 3.29. The molecule has 2 nitrogen and oxygen atoms in total. The molecule has 72 valence electrons. The summed E-state index contributed by atoms with van der Waals surface area (Å²) >= 11 is 0. The average molecular weight is 215 g/mol. The molecular weight excluding hydrogens is 202 g/mol. The highest BCUT2D eigenvalue weighted by Crippen LogP contribution is 2.24. The summed E-state index contributed by atoms with van der Waals surface area (Å²) in [5, 5.41) is 0.911. The molecule has 0 aliphatic heterocycles. The predicted molar refractivity (Wildman–Crippen MR) is 63.2 cm³/mol. The van der Waals surface area contributed by atoms with Crippen LogP contribution in [0.4, 0.5) is 0 Å². The van der Waals surface area contributed by atoms with Crippen LogP contribution in [0.15, 0.2) is 29.9 Å². The average Bonchev–Trinajstić information content (AvgIpc) is 2.13. The van der Waals surface area contributed by atoms with E-state index in [9.17, 15) is 4.79 Å². The summed E-state index contributed by atoms with van der Waals surface area (Å²) in [6.45, 7) is 5.47. The van der Waals surface area contributed by atoms with Crippen molar-refractivity contribution < 1.29 is 4.79 Å². The number of allylic oxidation sites excluding steroid dienone is 1. The molecule has 0 atom stereocenters. The van der Waals surface area contributed by atoms with E-state index < -0.39 is 0 Å². The second-order valence-corrected chi connectivity index (χ2v) is 4.45. The molecular formula is C9H13NOS2. The Hall–Kier alpha value is -0.480. The molecule has 0 saturated heterocycles. The number of aliphatic imine (C=N–C) groups is 1. The Kier molecular flexibility index (Phi) is 9.25. The Bertz CT molecular complexity index is 212. The van der Waals surface area contributed by atoms with Crippen molar-refractivity contribution in [3.63, 3.8) is 0 Å². The van der Waals surface area contributed by atoms with Crippen molar-refractivity contribution in [3.05, 3.63) is 24.9 Å². The van der Waals surface area contributed by atoms with E-state index in [0.717, 1.165) is 17.1 Å². The van der Waals surface area contributed by atoms with Gasteiger partial charge in [-0.25, -0.2) is 4.99 Å². The molecule has 13 heavy (non-hydrogen) atoms. The van der Waals surface area contributed by atoms with Crippen molar-refractivity contribution in [2.75, 3.05) is 5.75 Å². The third-order valence-electron chi connectivity index (χ3n) is 0.991. The van der Waals surface area contributed by atoms with Gasteiger partial charge in [-0.05, 0) is 23.8 Å². The Morgan fingerprint density at radius 2 is 2.38 bits per heavy atom. The normalized spacial score (nSPS) is 11.9. The zero-order valence-electron chi connectivity index (χ0n) is 7.60. The number of carbonyl (C=O) groups excluding carboxylic acids is 1. The van der Waals surface area contributed by atoms with Gasteiger partial charge in [-0.2, -0.15) is 0 Å². The summed E-state index contributed by atoms with van der Waals surface area (Å²) in [4.78, 5) is 14.1. The van der Waals surface area contributed by atoms with E-state index in [4.69, 9.17) is 0 Å². The van der Waals surface area contributed by atoms with Crippen LogP contribution in [0.3, 0.4) is 0 Å². The summed E-state index contributed by atoms with van der Waals surface area (Å²) < 4.78 is 0. The molecule has 0 saturated carbocycles. The molecule has 0 aromatic carbocycles. The van der Waals surface area contributed by atoms with Crippen molar-refractivity contribution in [1.82, 2.24) is 0 Å². The molecule has 0 bridgehead atoms. The van der Waals surface area contributed by atoms with Gasteiger partial charge in [-0.3, -0.25) is 0 Å². The lowest BCUT2D eigenvalue weighted by molar-refractivity contribution is -0.107. The number of hydrogen-bond acceptors (Lipinski definition) is 4. The molecule has 0 radical (unpaired) electrons. The standard InChI is InChI=1S/C9H13NOS2/c1-3-6-9(10-4-2)13-12-8-5-7-11/h3-4,6-7H,2,5,8H2,1H3/b6-3-,10-9?. The van der Waals surface area contributed by atoms with Crippen LogP contribution < -0.4 is 0 Å². The van der Waals surface area contributed by atoms with Gasteiger partial charge < -0.3 is 4.79 Å². The third kappa shape index (κ3) is 7.87. The smallest absolute Gasteiger partial charge is 0.120 e. The molecule has 4 heteroatoms. The first-order valence-electron chi connectivity index (χ1n) is 3.89. The van der Waals surface area contributed by atoms with Crippen LogP contribution in [0.5, 0.6) is 0 Å². The fourth-order valence-corrected chi connectivity index (χ4v) is 2.43. The van der Waals surface area contributed by atoms with E-state index >= 15 is 0 Å². The largest absolute Gasteiger partial charge is 0.303 e. The number of aldehydes is 1. The summed E-state index contributed by atoms with van der Waals surface area (Å²) in [5.41, 5.74) is 0. The lowest BCUT2D eigenvalue weighted by atomic mass is 10.5. The fourth-order valence-electron chi connectivity index (χ4n) is 0.523. The molecule has 0 rings (SSSR count). The molecule has 0 heterocycles. The monoisotopic (exact) mass is 215 g/mol. The van der Waals surface area contributed by atoms with Crippen LogP contribution >= 0.6 is 21.6 Å². The molecule has 0 amide bonds. The second-order valence-electron chi connectivity index (χ2n) is 2.01. The van der Waals surface area contributed by atoms with Crippen molar-refractivity contribution >= 4 is 32.9 Å². The van der Waals surface area contributed by atoms with Crippen LogP contribution in [-0.2, 0) is 4.79 Å². The molecule has 0 fully saturated rings. The van der Waals surface area contributed by atoms with E-state index in [1.165, 1.54) is 6.20 Å². The predicted octanol–water partition coefficient (Wildman–Crippen LogP) is 3.07. The van der Waals surface area contributed by atoms with Crippen LogP contribution in [0.1, 0.15) is 13.3 Å². The highest BCUT2D eigenvalue weighted by atomic mass is 33.1. The summed E-state index contributed by atoms with van der Waals surface area (Å²) in [5.74, 6) is 0.821. The van der Waals surface area contributed by atoms with E-state index in [-0.39, 0.29) is 0 Å². The minimum Gasteiger partial charge on any atom is -0.303 e. The van der Waals surface area contributed by atoms with Crippen molar-refractivity contribution in [3.8, 4) is 0 Å². The fraction of sp³-hybridized carbons (Fsp3) is 0.333. The molecule has 0 aromatic heterocycles. The number of hydrogen-bond donors (Lipinski definition) is 0. The maximum atomic E-state index is 10.0. The van der Waals surface area contributed by atoms with Gasteiger partial charge in [-0.15, -0.1) is 0 Å². The molecule has 0 aliphatic rings. The van der Waals surface area contributed by atoms with Gasteiger partial charge in [0.25, 0.3) is 0 Å². The van der Waals surface area contributed by atoms with Gasteiger partial charge in [0.05, 0.1) is 0 Å².